The van der Waals surface area contributed by atoms with Crippen molar-refractivity contribution < 1.29 is 4.74 Å². The molecule has 0 aliphatic carbocycles. The minimum Gasteiger partial charge on any atom is -0.497 e. The number of rotatable bonds is 5. The van der Waals surface area contributed by atoms with Crippen molar-refractivity contribution in [3.05, 3.63) is 29.8 Å². The minimum absolute atomic E-state index is 0.439. The van der Waals surface area contributed by atoms with Gasteiger partial charge in [0, 0.05) is 19.0 Å². The van der Waals surface area contributed by atoms with Crippen molar-refractivity contribution in [2.24, 2.45) is 5.73 Å². The number of ether oxygens (including phenoxy) is 1. The van der Waals surface area contributed by atoms with E-state index in [1.165, 1.54) is 37.9 Å². The lowest BCUT2D eigenvalue weighted by Crippen LogP contribution is -2.35. The van der Waals surface area contributed by atoms with Crippen molar-refractivity contribution >= 4 is 0 Å². The average molecular weight is 248 g/mol. The fourth-order valence-electron chi connectivity index (χ4n) is 2.65. The van der Waals surface area contributed by atoms with Gasteiger partial charge in [0.05, 0.1) is 7.11 Å². The predicted octanol–water partition coefficient (Wildman–Crippen LogP) is 2.22. The fraction of sp³-hybridized carbons (Fsp3) is 0.600. The molecular formula is C15H24N2O. The molecule has 1 saturated heterocycles. The van der Waals surface area contributed by atoms with Crippen LogP contribution in [0.1, 0.15) is 30.7 Å². The molecule has 1 aliphatic rings. The summed E-state index contributed by atoms with van der Waals surface area (Å²) >= 11 is 0. The minimum atomic E-state index is 0.439. The third-order valence-electron chi connectivity index (χ3n) is 3.80. The maximum atomic E-state index is 5.93. The van der Waals surface area contributed by atoms with E-state index in [-0.39, 0.29) is 0 Å². The second-order valence-electron chi connectivity index (χ2n) is 5.07. The molecule has 1 aromatic carbocycles. The van der Waals surface area contributed by atoms with Gasteiger partial charge in [-0.15, -0.1) is 0 Å². The maximum absolute atomic E-state index is 5.93. The Bertz CT molecular complexity index is 344. The van der Waals surface area contributed by atoms with Crippen LogP contribution in [-0.4, -0.2) is 38.2 Å². The highest BCUT2D eigenvalue weighted by Crippen LogP contribution is 2.21. The predicted molar refractivity (Wildman–Crippen MR) is 75.1 cm³/mol. The number of methoxy groups -OCH3 is 1. The SMILES string of the molecule is COc1ccc(C(CN)CN2CCCCC2)cc1. The molecule has 1 aliphatic heterocycles. The first kappa shape index (κ1) is 13.4. The molecule has 0 amide bonds. The molecule has 0 aromatic heterocycles. The fourth-order valence-corrected chi connectivity index (χ4v) is 2.65. The lowest BCUT2D eigenvalue weighted by molar-refractivity contribution is 0.216. The van der Waals surface area contributed by atoms with Crippen molar-refractivity contribution in [1.29, 1.82) is 0 Å². The van der Waals surface area contributed by atoms with E-state index in [0.717, 1.165) is 12.3 Å². The van der Waals surface area contributed by atoms with Gasteiger partial charge in [-0.3, -0.25) is 0 Å². The molecule has 100 valence electrons. The first-order valence-electron chi connectivity index (χ1n) is 6.90. The second kappa shape index (κ2) is 6.76. The summed E-state index contributed by atoms with van der Waals surface area (Å²) in [4.78, 5) is 2.55. The smallest absolute Gasteiger partial charge is 0.118 e. The topological polar surface area (TPSA) is 38.5 Å². The van der Waals surface area contributed by atoms with Gasteiger partial charge in [-0.1, -0.05) is 18.6 Å². The van der Waals surface area contributed by atoms with Gasteiger partial charge in [-0.25, -0.2) is 0 Å². The van der Waals surface area contributed by atoms with E-state index in [1.54, 1.807) is 7.11 Å². The Hall–Kier alpha value is -1.06. The largest absolute Gasteiger partial charge is 0.497 e. The zero-order chi connectivity index (χ0) is 12.8. The van der Waals surface area contributed by atoms with Gasteiger partial charge in [-0.05, 0) is 43.6 Å². The molecule has 0 saturated carbocycles. The zero-order valence-corrected chi connectivity index (χ0v) is 11.3. The molecule has 0 radical (unpaired) electrons. The first-order valence-corrected chi connectivity index (χ1v) is 6.90. The Kier molecular flexibility index (Phi) is 5.02. The molecule has 0 spiro atoms. The normalized spacial score (nSPS) is 18.6. The van der Waals surface area contributed by atoms with Crippen molar-refractivity contribution in [3.8, 4) is 5.75 Å². The van der Waals surface area contributed by atoms with Crippen LogP contribution in [0.5, 0.6) is 5.75 Å². The Balaban J connectivity index is 1.97. The van der Waals surface area contributed by atoms with E-state index >= 15 is 0 Å². The third kappa shape index (κ3) is 3.47. The van der Waals surface area contributed by atoms with E-state index in [4.69, 9.17) is 10.5 Å². The summed E-state index contributed by atoms with van der Waals surface area (Å²) in [6.07, 6.45) is 4.05. The van der Waals surface area contributed by atoms with Crippen LogP contribution in [-0.2, 0) is 0 Å². The highest BCUT2D eigenvalue weighted by atomic mass is 16.5. The van der Waals surface area contributed by atoms with Crippen LogP contribution >= 0.6 is 0 Å². The zero-order valence-electron chi connectivity index (χ0n) is 11.3. The molecule has 3 nitrogen and oxygen atoms in total. The molecule has 3 heteroatoms. The third-order valence-corrected chi connectivity index (χ3v) is 3.80. The van der Waals surface area contributed by atoms with Crippen LogP contribution in [0.15, 0.2) is 24.3 Å². The van der Waals surface area contributed by atoms with Gasteiger partial charge in [-0.2, -0.15) is 0 Å². The summed E-state index contributed by atoms with van der Waals surface area (Å²) in [5.74, 6) is 1.35. The average Bonchev–Trinajstić information content (AvgIpc) is 2.46. The van der Waals surface area contributed by atoms with Crippen molar-refractivity contribution in [3.63, 3.8) is 0 Å². The summed E-state index contributed by atoms with van der Waals surface area (Å²) in [5.41, 5.74) is 7.26. The van der Waals surface area contributed by atoms with Crippen LogP contribution in [0.2, 0.25) is 0 Å². The van der Waals surface area contributed by atoms with Gasteiger partial charge < -0.3 is 15.4 Å². The molecule has 1 heterocycles. The van der Waals surface area contributed by atoms with Gasteiger partial charge in [0.25, 0.3) is 0 Å². The van der Waals surface area contributed by atoms with Crippen LogP contribution in [0.25, 0.3) is 0 Å². The summed E-state index contributed by atoms with van der Waals surface area (Å²) in [5, 5.41) is 0. The molecule has 1 unspecified atom stereocenters. The van der Waals surface area contributed by atoms with Crippen LogP contribution in [0.3, 0.4) is 0 Å². The number of piperidine rings is 1. The van der Waals surface area contributed by atoms with Crippen molar-refractivity contribution in [2.45, 2.75) is 25.2 Å². The van der Waals surface area contributed by atoms with Crippen LogP contribution in [0, 0.1) is 0 Å². The number of nitrogens with two attached hydrogens (primary N) is 1. The molecule has 1 aromatic rings. The van der Waals surface area contributed by atoms with Crippen molar-refractivity contribution in [1.82, 2.24) is 4.90 Å². The summed E-state index contributed by atoms with van der Waals surface area (Å²) in [6.45, 7) is 4.25. The van der Waals surface area contributed by atoms with E-state index < -0.39 is 0 Å². The molecule has 2 N–H and O–H groups in total. The van der Waals surface area contributed by atoms with Gasteiger partial charge in [0.1, 0.15) is 5.75 Å². The molecular weight excluding hydrogens is 224 g/mol. The second-order valence-corrected chi connectivity index (χ2v) is 5.07. The number of hydrogen-bond donors (Lipinski definition) is 1. The summed E-state index contributed by atoms with van der Waals surface area (Å²) in [7, 11) is 1.70. The molecule has 0 bridgehead atoms. The van der Waals surface area contributed by atoms with E-state index in [0.29, 0.717) is 12.5 Å². The van der Waals surface area contributed by atoms with E-state index in [9.17, 15) is 0 Å². The van der Waals surface area contributed by atoms with Crippen LogP contribution in [0.4, 0.5) is 0 Å². The van der Waals surface area contributed by atoms with Crippen molar-refractivity contribution in [2.75, 3.05) is 33.3 Å². The van der Waals surface area contributed by atoms with Crippen LogP contribution < -0.4 is 10.5 Å². The molecule has 2 rings (SSSR count). The maximum Gasteiger partial charge on any atom is 0.118 e. The molecule has 1 atom stereocenters. The van der Waals surface area contributed by atoms with Gasteiger partial charge in [0.2, 0.25) is 0 Å². The Labute approximate surface area is 110 Å². The van der Waals surface area contributed by atoms with E-state index in [2.05, 4.69) is 17.0 Å². The van der Waals surface area contributed by atoms with Gasteiger partial charge >= 0.3 is 0 Å². The molecule has 18 heavy (non-hydrogen) atoms. The van der Waals surface area contributed by atoms with E-state index in [1.807, 2.05) is 12.1 Å². The first-order chi connectivity index (χ1) is 8.83. The summed E-state index contributed by atoms with van der Waals surface area (Å²) < 4.78 is 5.19. The number of nitrogens with zero attached hydrogens (tertiary/aromatic N) is 1. The van der Waals surface area contributed by atoms with Gasteiger partial charge in [0.15, 0.2) is 0 Å². The number of likely N-dealkylation sites (tertiary alicyclic amines) is 1. The Morgan fingerprint density at radius 1 is 1.17 bits per heavy atom. The number of hydrogen-bond acceptors (Lipinski definition) is 3. The number of benzene rings is 1. The summed E-state index contributed by atoms with van der Waals surface area (Å²) in [6, 6.07) is 8.32. The molecule has 1 fully saturated rings. The lowest BCUT2D eigenvalue weighted by atomic mass is 9.97. The standard InChI is InChI=1S/C15H24N2O/c1-18-15-7-5-13(6-8-15)14(11-16)12-17-9-3-2-4-10-17/h5-8,14H,2-4,9-12,16H2,1H3. The Morgan fingerprint density at radius 3 is 2.39 bits per heavy atom. The highest BCUT2D eigenvalue weighted by Gasteiger charge is 2.16. The quantitative estimate of drug-likeness (QED) is 0.868. The Morgan fingerprint density at radius 2 is 1.83 bits per heavy atom. The monoisotopic (exact) mass is 248 g/mol. The highest BCUT2D eigenvalue weighted by molar-refractivity contribution is 5.29. The lowest BCUT2D eigenvalue weighted by Gasteiger charge is -2.30.